The number of carbonyl (C=O) groups excluding carboxylic acids is 1. The van der Waals surface area contributed by atoms with Crippen LogP contribution in [0.2, 0.25) is 0 Å². The Hall–Kier alpha value is -1.33. The molecule has 22 heavy (non-hydrogen) atoms. The van der Waals surface area contributed by atoms with Gasteiger partial charge < -0.3 is 14.9 Å². The van der Waals surface area contributed by atoms with Crippen molar-refractivity contribution in [1.82, 2.24) is 9.13 Å². The summed E-state index contributed by atoms with van der Waals surface area (Å²) in [6.07, 6.45) is -3.05. The van der Waals surface area contributed by atoms with Crippen LogP contribution in [0, 0.1) is 6.92 Å². The minimum Gasteiger partial charge on any atom is -0.394 e. The van der Waals surface area contributed by atoms with E-state index in [9.17, 15) is 24.6 Å². The molecule has 0 bridgehead atoms. The molecule has 1 aliphatic heterocycles. The van der Waals surface area contributed by atoms with E-state index in [1.54, 1.807) is 0 Å². The van der Waals surface area contributed by atoms with Gasteiger partial charge in [-0.2, -0.15) is 4.57 Å². The highest BCUT2D eigenvalue weighted by atomic mass is 79.9. The third kappa shape index (κ3) is 2.68. The van der Waals surface area contributed by atoms with Crippen molar-refractivity contribution in [2.75, 3.05) is 6.61 Å². The minimum atomic E-state index is -1.20. The van der Waals surface area contributed by atoms with Gasteiger partial charge in [-0.15, -0.1) is 0 Å². The molecule has 1 saturated heterocycles. The predicted octanol–water partition coefficient (Wildman–Crippen LogP) is -1.08. The van der Waals surface area contributed by atoms with Crippen LogP contribution in [0.1, 0.15) is 23.5 Å². The Morgan fingerprint density at radius 1 is 1.50 bits per heavy atom. The van der Waals surface area contributed by atoms with Crippen molar-refractivity contribution in [1.29, 1.82) is 0 Å². The zero-order valence-corrected chi connectivity index (χ0v) is 13.4. The maximum Gasteiger partial charge on any atom is 0.340 e. The van der Waals surface area contributed by atoms with Gasteiger partial charge in [-0.1, -0.05) is 0 Å². The number of aryl methyl sites for hydroxylation is 1. The van der Waals surface area contributed by atoms with Gasteiger partial charge in [-0.3, -0.25) is 18.0 Å². The van der Waals surface area contributed by atoms with Crippen LogP contribution < -0.4 is 11.2 Å². The van der Waals surface area contributed by atoms with E-state index in [1.165, 1.54) is 13.1 Å². The number of aromatic nitrogens is 2. The van der Waals surface area contributed by atoms with E-state index in [-0.39, 0.29) is 5.56 Å². The number of halogens is 1. The van der Waals surface area contributed by atoms with Crippen molar-refractivity contribution in [2.45, 2.75) is 38.4 Å². The molecule has 4 atom stereocenters. The SMILES string of the molecule is CC(=O)n1c(=O)c(C)cn([C@H]2O[C@@H](CO)C(O)C2OBr)c1=O. The first-order chi connectivity index (χ1) is 10.3. The van der Waals surface area contributed by atoms with Gasteiger partial charge >= 0.3 is 5.69 Å². The molecule has 1 aliphatic rings. The molecule has 0 aromatic carbocycles. The topological polar surface area (TPSA) is 120 Å². The van der Waals surface area contributed by atoms with Gasteiger partial charge in [-0.25, -0.2) is 4.79 Å². The number of rotatable bonds is 3. The number of nitrogens with zero attached hydrogens (tertiary/aromatic N) is 2. The highest BCUT2D eigenvalue weighted by molar-refractivity contribution is 9.06. The summed E-state index contributed by atoms with van der Waals surface area (Å²) in [5.41, 5.74) is -1.48. The molecule has 1 aromatic heterocycles. The third-order valence-electron chi connectivity index (χ3n) is 3.47. The van der Waals surface area contributed by atoms with Gasteiger partial charge in [0, 0.05) is 18.7 Å². The summed E-state index contributed by atoms with van der Waals surface area (Å²) >= 11 is 2.74. The summed E-state index contributed by atoms with van der Waals surface area (Å²) in [4.78, 5) is 35.8. The molecule has 2 rings (SSSR count). The summed E-state index contributed by atoms with van der Waals surface area (Å²) in [6, 6.07) is 0. The van der Waals surface area contributed by atoms with E-state index in [0.29, 0.717) is 4.57 Å². The average molecular weight is 379 g/mol. The fourth-order valence-corrected chi connectivity index (χ4v) is 2.75. The number of hydrogen-bond donors (Lipinski definition) is 2. The molecule has 0 radical (unpaired) electrons. The average Bonchev–Trinajstić information content (AvgIpc) is 2.78. The number of hydrogen-bond acceptors (Lipinski definition) is 7. The minimum absolute atomic E-state index is 0.147. The van der Waals surface area contributed by atoms with Crippen LogP contribution in [-0.4, -0.2) is 50.2 Å². The van der Waals surface area contributed by atoms with Crippen molar-refractivity contribution in [3.05, 3.63) is 32.6 Å². The molecule has 9 nitrogen and oxygen atoms in total. The van der Waals surface area contributed by atoms with Gasteiger partial charge in [-0.05, 0) is 6.92 Å². The summed E-state index contributed by atoms with van der Waals surface area (Å²) in [5.74, 6) is -0.735. The van der Waals surface area contributed by atoms with Crippen LogP contribution in [-0.2, 0) is 8.57 Å². The van der Waals surface area contributed by atoms with Gasteiger partial charge in [0.15, 0.2) is 6.23 Å². The Morgan fingerprint density at radius 3 is 2.64 bits per heavy atom. The maximum atomic E-state index is 12.3. The first-order valence-corrected chi connectivity index (χ1v) is 7.05. The van der Waals surface area contributed by atoms with Crippen LogP contribution in [0.3, 0.4) is 0 Å². The lowest BCUT2D eigenvalue weighted by Crippen LogP contribution is -2.46. The Bertz CT molecular complexity index is 698. The normalized spacial score (nSPS) is 28.0. The van der Waals surface area contributed by atoms with Crippen LogP contribution >= 0.6 is 16.3 Å². The molecule has 2 unspecified atom stereocenters. The van der Waals surface area contributed by atoms with Crippen LogP contribution in [0.25, 0.3) is 0 Å². The Kier molecular flexibility index (Phi) is 4.97. The molecule has 0 aliphatic carbocycles. The van der Waals surface area contributed by atoms with E-state index in [1.807, 2.05) is 0 Å². The fraction of sp³-hybridized carbons (Fsp3) is 0.583. The predicted molar refractivity (Wildman–Crippen MR) is 76.8 cm³/mol. The number of ether oxygens (including phenoxy) is 1. The maximum absolute atomic E-state index is 12.3. The number of carbonyl (C=O) groups is 1. The third-order valence-corrected chi connectivity index (χ3v) is 3.90. The number of aliphatic hydroxyl groups is 2. The number of aliphatic hydroxyl groups excluding tert-OH is 2. The molecule has 1 aromatic rings. The van der Waals surface area contributed by atoms with Crippen LogP contribution in [0.4, 0.5) is 0 Å². The fourth-order valence-electron chi connectivity index (χ4n) is 2.35. The Labute approximate surface area is 133 Å². The van der Waals surface area contributed by atoms with Gasteiger partial charge in [0.1, 0.15) is 18.3 Å². The molecule has 2 heterocycles. The monoisotopic (exact) mass is 378 g/mol. The lowest BCUT2D eigenvalue weighted by atomic mass is 10.1. The first-order valence-electron chi connectivity index (χ1n) is 6.41. The zero-order valence-electron chi connectivity index (χ0n) is 11.8. The lowest BCUT2D eigenvalue weighted by molar-refractivity contribution is -0.0511. The van der Waals surface area contributed by atoms with Gasteiger partial charge in [0.25, 0.3) is 5.56 Å². The van der Waals surface area contributed by atoms with Crippen molar-refractivity contribution >= 4 is 22.2 Å². The summed E-state index contributed by atoms with van der Waals surface area (Å²) in [7, 11) is 0. The van der Waals surface area contributed by atoms with Crippen LogP contribution in [0.5, 0.6) is 0 Å². The van der Waals surface area contributed by atoms with Crippen LogP contribution in [0.15, 0.2) is 15.8 Å². The molecule has 1 fully saturated rings. The first kappa shape index (κ1) is 17.0. The van der Waals surface area contributed by atoms with Crippen molar-refractivity contribution in [2.24, 2.45) is 0 Å². The molecule has 2 N–H and O–H groups in total. The van der Waals surface area contributed by atoms with E-state index >= 15 is 0 Å². The second kappa shape index (κ2) is 6.42. The van der Waals surface area contributed by atoms with E-state index in [0.717, 1.165) is 11.5 Å². The smallest absolute Gasteiger partial charge is 0.340 e. The second-order valence-electron chi connectivity index (χ2n) is 4.95. The van der Waals surface area contributed by atoms with Gasteiger partial charge in [0.2, 0.25) is 5.91 Å². The van der Waals surface area contributed by atoms with E-state index in [4.69, 9.17) is 8.57 Å². The Balaban J connectivity index is 2.60. The standard InChI is InChI=1S/C12H15BrN2O7/c1-5-3-14(12(20)15(6(2)17)10(5)19)11-9(22-13)8(18)7(4-16)21-11/h3,7-9,11,16,18H,4H2,1-2H3/t7-,8?,9?,11-/m0/s1. The zero-order chi connectivity index (χ0) is 16.6. The molecule has 0 spiro atoms. The summed E-state index contributed by atoms with van der Waals surface area (Å²) in [6.45, 7) is 2.05. The van der Waals surface area contributed by atoms with Crippen molar-refractivity contribution < 1.29 is 23.6 Å². The molecular weight excluding hydrogens is 364 g/mol. The summed E-state index contributed by atoms with van der Waals surface area (Å²) < 4.78 is 11.8. The van der Waals surface area contributed by atoms with Crippen molar-refractivity contribution in [3.8, 4) is 0 Å². The highest BCUT2D eigenvalue weighted by Crippen LogP contribution is 2.31. The lowest BCUT2D eigenvalue weighted by Gasteiger charge is -2.20. The molecule has 0 amide bonds. The Morgan fingerprint density at radius 2 is 2.14 bits per heavy atom. The van der Waals surface area contributed by atoms with E-state index < -0.39 is 48.3 Å². The van der Waals surface area contributed by atoms with Gasteiger partial charge in [0.05, 0.1) is 22.9 Å². The quantitative estimate of drug-likeness (QED) is 0.686. The van der Waals surface area contributed by atoms with E-state index in [2.05, 4.69) is 16.3 Å². The molecule has 0 saturated carbocycles. The molecule has 122 valence electrons. The summed E-state index contributed by atoms with van der Waals surface area (Å²) in [5, 5.41) is 19.2. The van der Waals surface area contributed by atoms with Crippen molar-refractivity contribution in [3.63, 3.8) is 0 Å². The second-order valence-corrected chi connectivity index (χ2v) is 5.33. The molecular formula is C12H15BrN2O7. The largest absolute Gasteiger partial charge is 0.394 e. The highest BCUT2D eigenvalue weighted by Gasteiger charge is 2.46. The molecule has 10 heteroatoms.